The van der Waals surface area contributed by atoms with Crippen molar-refractivity contribution in [3.8, 4) is 5.75 Å². The number of nitrogens with zero attached hydrogens (tertiary/aromatic N) is 1. The molecule has 5 heteroatoms. The highest BCUT2D eigenvalue weighted by Crippen LogP contribution is 2.29. The van der Waals surface area contributed by atoms with Gasteiger partial charge in [0.2, 0.25) is 0 Å². The lowest BCUT2D eigenvalue weighted by Gasteiger charge is -2.47. The number of fused-ring (bicyclic) bond motifs is 1. The van der Waals surface area contributed by atoms with Crippen molar-refractivity contribution in [3.63, 3.8) is 0 Å². The molecule has 1 fully saturated rings. The maximum atomic E-state index is 10.5. The summed E-state index contributed by atoms with van der Waals surface area (Å²) in [5.74, 6) is 0.0929. The zero-order valence-electron chi connectivity index (χ0n) is 11.6. The fourth-order valence-corrected chi connectivity index (χ4v) is 2.94. The molecule has 5 nitrogen and oxygen atoms in total. The Kier molecular flexibility index (Phi) is 3.40. The molecule has 0 unspecified atom stereocenters. The lowest BCUT2D eigenvalue weighted by atomic mass is 9.95. The van der Waals surface area contributed by atoms with Gasteiger partial charge in [-0.15, -0.1) is 0 Å². The van der Waals surface area contributed by atoms with Gasteiger partial charge in [0, 0.05) is 26.1 Å². The first-order valence-corrected chi connectivity index (χ1v) is 6.87. The van der Waals surface area contributed by atoms with Gasteiger partial charge in [-0.3, -0.25) is 4.90 Å². The van der Waals surface area contributed by atoms with Crippen molar-refractivity contribution in [2.24, 2.45) is 0 Å². The monoisotopic (exact) mass is 277 g/mol. The van der Waals surface area contributed by atoms with Crippen molar-refractivity contribution in [1.82, 2.24) is 4.90 Å². The predicted molar refractivity (Wildman–Crippen MR) is 72.9 cm³/mol. The third-order valence-corrected chi connectivity index (χ3v) is 3.82. The van der Waals surface area contributed by atoms with Crippen molar-refractivity contribution in [1.29, 1.82) is 0 Å². The molecule has 0 spiro atoms. The van der Waals surface area contributed by atoms with Crippen molar-refractivity contribution in [2.45, 2.75) is 25.5 Å². The Morgan fingerprint density at radius 3 is 3.05 bits per heavy atom. The van der Waals surface area contributed by atoms with Gasteiger partial charge >= 0.3 is 5.97 Å². The molecule has 20 heavy (non-hydrogen) atoms. The summed E-state index contributed by atoms with van der Waals surface area (Å²) in [6.07, 6.45) is 0.989. The second kappa shape index (κ2) is 5.07. The topological polar surface area (TPSA) is 59.0 Å². The number of hydrogen-bond acceptors (Lipinski definition) is 4. The van der Waals surface area contributed by atoms with Crippen LogP contribution in [0.2, 0.25) is 0 Å². The van der Waals surface area contributed by atoms with Crippen LogP contribution in [0.15, 0.2) is 18.2 Å². The van der Waals surface area contributed by atoms with Crippen LogP contribution in [0.1, 0.15) is 18.1 Å². The van der Waals surface area contributed by atoms with E-state index in [1.54, 1.807) is 0 Å². The minimum absolute atomic E-state index is 0.222. The molecule has 0 atom stereocenters. The molecule has 2 aliphatic heterocycles. The Morgan fingerprint density at radius 2 is 2.30 bits per heavy atom. The number of carboxylic acids is 1. The minimum Gasteiger partial charge on any atom is -0.493 e. The first kappa shape index (κ1) is 13.4. The van der Waals surface area contributed by atoms with E-state index in [4.69, 9.17) is 14.6 Å². The second-order valence-corrected chi connectivity index (χ2v) is 5.82. The van der Waals surface area contributed by atoms with E-state index in [0.717, 1.165) is 38.4 Å². The quantitative estimate of drug-likeness (QED) is 0.879. The van der Waals surface area contributed by atoms with E-state index in [9.17, 15) is 4.79 Å². The van der Waals surface area contributed by atoms with E-state index < -0.39 is 5.97 Å². The number of carbonyl (C=O) groups is 1. The predicted octanol–water partition coefficient (Wildman–Crippen LogP) is 1.30. The highest BCUT2D eigenvalue weighted by atomic mass is 16.5. The molecule has 3 rings (SSSR count). The lowest BCUT2D eigenvalue weighted by molar-refractivity contribution is -0.165. The van der Waals surface area contributed by atoms with Crippen LogP contribution < -0.4 is 4.74 Å². The molecule has 0 aliphatic carbocycles. The van der Waals surface area contributed by atoms with Crippen molar-refractivity contribution in [3.05, 3.63) is 29.3 Å². The van der Waals surface area contributed by atoms with Gasteiger partial charge in [-0.2, -0.15) is 0 Å². The molecule has 1 saturated heterocycles. The number of aliphatic carboxylic acids is 1. The summed E-state index contributed by atoms with van der Waals surface area (Å²) in [5.41, 5.74) is 2.24. The van der Waals surface area contributed by atoms with Gasteiger partial charge < -0.3 is 14.6 Å². The van der Waals surface area contributed by atoms with Crippen LogP contribution in [-0.2, 0) is 22.5 Å². The van der Waals surface area contributed by atoms with Crippen LogP contribution in [0.5, 0.6) is 5.75 Å². The summed E-state index contributed by atoms with van der Waals surface area (Å²) in [7, 11) is 0. The number of benzene rings is 1. The van der Waals surface area contributed by atoms with E-state index in [-0.39, 0.29) is 12.2 Å². The Balaban J connectivity index is 1.52. The minimum atomic E-state index is -0.914. The zero-order chi connectivity index (χ0) is 14.2. The Hall–Kier alpha value is -1.59. The van der Waals surface area contributed by atoms with Crippen LogP contribution in [0.3, 0.4) is 0 Å². The van der Waals surface area contributed by atoms with Gasteiger partial charge in [0.25, 0.3) is 0 Å². The fraction of sp³-hybridized carbons (Fsp3) is 0.533. The summed E-state index contributed by atoms with van der Waals surface area (Å²) in [5, 5.41) is 8.64. The van der Waals surface area contributed by atoms with E-state index >= 15 is 0 Å². The number of likely N-dealkylation sites (tertiary alicyclic amines) is 1. The number of carboxylic acid groups (broad SMARTS) is 1. The van der Waals surface area contributed by atoms with Crippen LogP contribution in [0, 0.1) is 0 Å². The Morgan fingerprint density at radius 1 is 1.50 bits per heavy atom. The molecule has 2 aliphatic rings. The van der Waals surface area contributed by atoms with Gasteiger partial charge in [0.05, 0.1) is 12.2 Å². The standard InChI is InChI=1S/C15H19NO4/c1-15(20-8-14(17)18)9-16(10-15)7-11-2-3-13-12(6-11)4-5-19-13/h2-3,6H,4-5,7-10H2,1H3,(H,17,18). The number of rotatable bonds is 5. The van der Waals surface area contributed by atoms with E-state index in [1.165, 1.54) is 11.1 Å². The molecule has 1 aromatic carbocycles. The van der Waals surface area contributed by atoms with Gasteiger partial charge in [-0.05, 0) is 24.1 Å². The van der Waals surface area contributed by atoms with E-state index in [1.807, 2.05) is 13.0 Å². The van der Waals surface area contributed by atoms with Crippen LogP contribution in [-0.4, -0.2) is 47.9 Å². The number of hydrogen-bond donors (Lipinski definition) is 1. The highest BCUT2D eigenvalue weighted by Gasteiger charge is 2.40. The highest BCUT2D eigenvalue weighted by molar-refractivity contribution is 5.68. The largest absolute Gasteiger partial charge is 0.493 e. The molecule has 2 heterocycles. The van der Waals surface area contributed by atoms with Gasteiger partial charge in [0.1, 0.15) is 12.4 Å². The number of ether oxygens (including phenoxy) is 2. The molecular formula is C15H19NO4. The molecule has 0 aromatic heterocycles. The van der Waals surface area contributed by atoms with Crippen LogP contribution in [0.25, 0.3) is 0 Å². The molecule has 0 saturated carbocycles. The maximum absolute atomic E-state index is 10.5. The third kappa shape index (κ3) is 2.78. The second-order valence-electron chi connectivity index (χ2n) is 5.82. The Labute approximate surface area is 118 Å². The molecular weight excluding hydrogens is 258 g/mol. The average Bonchev–Trinajstić information content (AvgIpc) is 2.82. The molecule has 1 aromatic rings. The zero-order valence-corrected chi connectivity index (χ0v) is 11.6. The smallest absolute Gasteiger partial charge is 0.329 e. The summed E-state index contributed by atoms with van der Waals surface area (Å²) in [6.45, 7) is 4.94. The SMILES string of the molecule is CC1(OCC(=O)O)CN(Cc2ccc3c(c2)CCO3)C1. The molecule has 0 amide bonds. The van der Waals surface area contributed by atoms with Crippen LogP contribution in [0.4, 0.5) is 0 Å². The summed E-state index contributed by atoms with van der Waals surface area (Å²) < 4.78 is 10.9. The molecule has 1 N–H and O–H groups in total. The first-order chi connectivity index (χ1) is 9.54. The van der Waals surface area contributed by atoms with E-state index in [2.05, 4.69) is 17.0 Å². The van der Waals surface area contributed by atoms with Crippen molar-refractivity contribution in [2.75, 3.05) is 26.3 Å². The fourth-order valence-electron chi connectivity index (χ4n) is 2.94. The van der Waals surface area contributed by atoms with Gasteiger partial charge in [-0.1, -0.05) is 12.1 Å². The molecule has 0 bridgehead atoms. The van der Waals surface area contributed by atoms with Gasteiger partial charge in [-0.25, -0.2) is 4.79 Å². The van der Waals surface area contributed by atoms with Crippen LogP contribution >= 0.6 is 0 Å². The summed E-state index contributed by atoms with van der Waals surface area (Å²) >= 11 is 0. The summed E-state index contributed by atoms with van der Waals surface area (Å²) in [6, 6.07) is 6.34. The Bertz CT molecular complexity index is 523. The molecule has 0 radical (unpaired) electrons. The lowest BCUT2D eigenvalue weighted by Crippen LogP contribution is -2.61. The maximum Gasteiger partial charge on any atom is 0.329 e. The normalized spacial score (nSPS) is 20.1. The van der Waals surface area contributed by atoms with Crippen molar-refractivity contribution >= 4 is 5.97 Å². The average molecular weight is 277 g/mol. The third-order valence-electron chi connectivity index (χ3n) is 3.82. The molecule has 108 valence electrons. The summed E-state index contributed by atoms with van der Waals surface area (Å²) in [4.78, 5) is 12.8. The first-order valence-electron chi connectivity index (χ1n) is 6.87. The van der Waals surface area contributed by atoms with Gasteiger partial charge in [0.15, 0.2) is 0 Å². The van der Waals surface area contributed by atoms with E-state index in [0.29, 0.717) is 0 Å². The van der Waals surface area contributed by atoms with Crippen molar-refractivity contribution < 1.29 is 19.4 Å².